The number of hydrogen-bond acceptors (Lipinski definition) is 5. The molecule has 8 heteroatoms. The first kappa shape index (κ1) is 29.6. The predicted molar refractivity (Wildman–Crippen MR) is 153 cm³/mol. The van der Waals surface area contributed by atoms with E-state index in [4.69, 9.17) is 10.5 Å². The van der Waals surface area contributed by atoms with E-state index >= 15 is 0 Å². The maximum atomic E-state index is 9.48. The number of carbonyl (C=O) groups excluding carboxylic acids is 2. The van der Waals surface area contributed by atoms with Crippen LogP contribution in [0.15, 0.2) is 96.0 Å². The molecule has 3 aromatic carbocycles. The zero-order chi connectivity index (χ0) is 28.4. The number of aromatic nitrogens is 2. The van der Waals surface area contributed by atoms with Gasteiger partial charge in [-0.3, -0.25) is 4.79 Å². The number of ketones is 1. The average molecular weight is 593 g/mol. The molecule has 2 atom stereocenters. The molecule has 2 N–H and O–H groups in total. The molecule has 0 saturated carbocycles. The van der Waals surface area contributed by atoms with Crippen LogP contribution in [0.4, 0.5) is 5.69 Å². The fraction of sp³-hybridized carbons (Fsp3) is 0.258. The molecular weight excluding hydrogens is 558 g/mol. The number of carboxylic acid groups (broad SMARTS) is 1. The second-order valence-corrected chi connectivity index (χ2v) is 10.2. The van der Waals surface area contributed by atoms with Crippen LogP contribution in [0.25, 0.3) is 0 Å². The van der Waals surface area contributed by atoms with E-state index in [2.05, 4.69) is 106 Å². The van der Waals surface area contributed by atoms with Gasteiger partial charge in [0, 0.05) is 17.1 Å². The number of carbonyl (C=O) groups is 2. The van der Waals surface area contributed by atoms with Crippen molar-refractivity contribution in [3.63, 3.8) is 0 Å². The number of Topliss-reactive ketones (excluding diaryl/α,β-unsaturated/α-hetero) is 1. The minimum atomic E-state index is -1.63. The van der Waals surface area contributed by atoms with Gasteiger partial charge < -0.3 is 20.4 Å². The van der Waals surface area contributed by atoms with Crippen molar-refractivity contribution in [2.75, 3.05) is 5.73 Å². The molecule has 0 saturated heterocycles. The second kappa shape index (κ2) is 14.3. The normalized spacial score (nSPS) is 12.1. The third-order valence-electron chi connectivity index (χ3n) is 6.25. The molecule has 0 bridgehead atoms. The van der Waals surface area contributed by atoms with Crippen molar-refractivity contribution in [2.24, 2.45) is 0 Å². The monoisotopic (exact) mass is 591 g/mol. The summed E-state index contributed by atoms with van der Waals surface area (Å²) in [5.74, 6) is -1.75. The highest BCUT2D eigenvalue weighted by atomic mass is 79.9. The van der Waals surface area contributed by atoms with Crippen molar-refractivity contribution in [3.8, 4) is 5.75 Å². The number of anilines is 1. The Bertz CT molecular complexity index is 1360. The molecule has 0 radical (unpaired) electrons. The number of rotatable bonds is 10. The minimum absolute atomic E-state index is 0.118. The number of aryl methyl sites for hydroxylation is 1. The van der Waals surface area contributed by atoms with Gasteiger partial charge >= 0.3 is 0 Å². The molecule has 0 aliphatic heterocycles. The number of benzene rings is 3. The van der Waals surface area contributed by atoms with Crippen LogP contribution < -0.4 is 20.1 Å². The van der Waals surface area contributed by atoms with Gasteiger partial charge in [0.2, 0.25) is 6.33 Å². The van der Waals surface area contributed by atoms with Gasteiger partial charge in [0.15, 0.2) is 11.9 Å². The molecule has 1 heterocycles. The van der Waals surface area contributed by atoms with E-state index in [1.165, 1.54) is 16.7 Å². The fourth-order valence-corrected chi connectivity index (χ4v) is 4.46. The summed E-state index contributed by atoms with van der Waals surface area (Å²) >= 11 is 3.55. The minimum Gasteiger partial charge on any atom is -0.542 e. The smallest absolute Gasteiger partial charge is 0.244 e. The molecule has 2 unspecified atom stereocenters. The van der Waals surface area contributed by atoms with Crippen LogP contribution in [0, 0.1) is 6.92 Å². The topological polar surface area (TPSA) is 101 Å². The average Bonchev–Trinajstić information content (AvgIpc) is 3.37. The fourth-order valence-electron chi connectivity index (χ4n) is 4.20. The summed E-state index contributed by atoms with van der Waals surface area (Å²) in [6.07, 6.45) is 8.58. The summed E-state index contributed by atoms with van der Waals surface area (Å²) in [6.45, 7) is 6.02. The number of aliphatic carboxylic acids is 1. The zero-order valence-electron chi connectivity index (χ0n) is 22.4. The number of imidazole rings is 1. The van der Waals surface area contributed by atoms with E-state index in [9.17, 15) is 14.7 Å². The highest BCUT2D eigenvalue weighted by Gasteiger charge is 2.22. The van der Waals surface area contributed by atoms with Gasteiger partial charge in [-0.05, 0) is 66.4 Å². The largest absolute Gasteiger partial charge is 0.542 e. The molecule has 4 aromatic rings. The summed E-state index contributed by atoms with van der Waals surface area (Å²) in [6, 6.07) is 25.0. The Labute approximate surface area is 238 Å². The van der Waals surface area contributed by atoms with Crippen LogP contribution in [0.1, 0.15) is 55.5 Å². The first-order valence-corrected chi connectivity index (χ1v) is 13.6. The standard InChI is InChI=1S/C28H31BrN3O.C3H4O3/c1-3-6-27(22-9-11-23(29)12-10-22)32-18-17-31(20-32)19-28(26-8-5-4-7-21(26)2)33-25-15-13-24(30)14-16-25;1-2(4)3(5)6/h4-5,7-18,20,27-28H,3,6,19,30H2,1-2H3;1H3,(H,5,6)/q+1;/p-1. The number of ether oxygens (including phenoxy) is 1. The quantitative estimate of drug-likeness (QED) is 0.159. The molecule has 7 nitrogen and oxygen atoms in total. The molecule has 0 amide bonds. The van der Waals surface area contributed by atoms with Crippen molar-refractivity contribution in [3.05, 3.63) is 113 Å². The molecule has 204 valence electrons. The molecule has 0 aliphatic rings. The van der Waals surface area contributed by atoms with Crippen molar-refractivity contribution < 1.29 is 24.0 Å². The Morgan fingerprint density at radius 3 is 2.28 bits per heavy atom. The summed E-state index contributed by atoms with van der Waals surface area (Å²) in [7, 11) is 0. The first-order valence-electron chi connectivity index (χ1n) is 12.8. The van der Waals surface area contributed by atoms with Gasteiger partial charge in [0.1, 0.15) is 36.7 Å². The lowest BCUT2D eigenvalue weighted by atomic mass is 10.0. The van der Waals surface area contributed by atoms with E-state index in [1.54, 1.807) is 0 Å². The first-order chi connectivity index (χ1) is 18.7. The lowest BCUT2D eigenvalue weighted by molar-refractivity contribution is -0.703. The SMILES string of the molecule is CC(=O)C(=O)[O-].CCCC(c1ccc(Br)cc1)n1cc[n+](CC(Oc2ccc(N)cc2)c2ccccc2C)c1. The van der Waals surface area contributed by atoms with E-state index < -0.39 is 11.8 Å². The van der Waals surface area contributed by atoms with E-state index in [1.807, 2.05) is 24.3 Å². The molecule has 4 rings (SSSR count). The Morgan fingerprint density at radius 2 is 1.69 bits per heavy atom. The van der Waals surface area contributed by atoms with Crippen LogP contribution >= 0.6 is 15.9 Å². The lowest BCUT2D eigenvalue weighted by Gasteiger charge is -2.20. The van der Waals surface area contributed by atoms with Crippen LogP contribution in [0.3, 0.4) is 0 Å². The molecule has 39 heavy (non-hydrogen) atoms. The van der Waals surface area contributed by atoms with Crippen molar-refractivity contribution in [1.29, 1.82) is 0 Å². The highest BCUT2D eigenvalue weighted by molar-refractivity contribution is 9.10. The summed E-state index contributed by atoms with van der Waals surface area (Å²) in [5, 5.41) is 9.24. The number of carboxylic acids is 1. The van der Waals surface area contributed by atoms with Crippen molar-refractivity contribution >= 4 is 33.4 Å². The molecule has 1 aromatic heterocycles. The Kier molecular flexibility index (Phi) is 10.9. The third-order valence-corrected chi connectivity index (χ3v) is 6.78. The number of halogens is 1. The zero-order valence-corrected chi connectivity index (χ0v) is 24.0. The number of nitrogens with zero attached hydrogens (tertiary/aromatic N) is 2. The van der Waals surface area contributed by atoms with Gasteiger partial charge in [-0.25, -0.2) is 9.13 Å². The number of hydrogen-bond donors (Lipinski definition) is 1. The van der Waals surface area contributed by atoms with Crippen molar-refractivity contribution in [1.82, 2.24) is 4.57 Å². The van der Waals surface area contributed by atoms with Crippen LogP contribution in [0.2, 0.25) is 0 Å². The van der Waals surface area contributed by atoms with Crippen LogP contribution in [0.5, 0.6) is 5.75 Å². The van der Waals surface area contributed by atoms with Gasteiger partial charge in [-0.2, -0.15) is 0 Å². The van der Waals surface area contributed by atoms with Gasteiger partial charge in [-0.15, -0.1) is 0 Å². The Balaban J connectivity index is 0.000000631. The van der Waals surface area contributed by atoms with E-state index in [0.717, 1.165) is 35.7 Å². The van der Waals surface area contributed by atoms with E-state index in [0.29, 0.717) is 12.6 Å². The Morgan fingerprint density at radius 1 is 1.05 bits per heavy atom. The van der Waals surface area contributed by atoms with Gasteiger partial charge in [0.05, 0.1) is 0 Å². The number of nitrogens with two attached hydrogens (primary N) is 1. The van der Waals surface area contributed by atoms with Crippen LogP contribution in [-0.4, -0.2) is 16.3 Å². The third kappa shape index (κ3) is 8.82. The molecule has 0 fully saturated rings. The molecule has 0 aliphatic carbocycles. The van der Waals surface area contributed by atoms with Crippen LogP contribution in [-0.2, 0) is 16.1 Å². The predicted octanol–water partition coefficient (Wildman–Crippen LogP) is 4.96. The van der Waals surface area contributed by atoms with Gasteiger partial charge in [-0.1, -0.05) is 65.7 Å². The highest BCUT2D eigenvalue weighted by Crippen LogP contribution is 2.27. The second-order valence-electron chi connectivity index (χ2n) is 9.29. The number of nitrogen functional groups attached to an aromatic ring is 1. The van der Waals surface area contributed by atoms with Gasteiger partial charge in [0.25, 0.3) is 0 Å². The lowest BCUT2D eigenvalue weighted by Crippen LogP contribution is -2.37. The maximum Gasteiger partial charge on any atom is 0.244 e. The van der Waals surface area contributed by atoms with E-state index in [-0.39, 0.29) is 6.10 Å². The molecule has 0 spiro atoms. The Hall–Kier alpha value is -3.91. The van der Waals surface area contributed by atoms with Crippen molar-refractivity contribution in [2.45, 2.75) is 52.3 Å². The molecular formula is C31H34BrN3O4. The maximum absolute atomic E-state index is 9.48. The summed E-state index contributed by atoms with van der Waals surface area (Å²) in [4.78, 5) is 18.7. The summed E-state index contributed by atoms with van der Waals surface area (Å²) < 4.78 is 12.1. The summed E-state index contributed by atoms with van der Waals surface area (Å²) in [5.41, 5.74) is 10.3.